The van der Waals surface area contributed by atoms with Gasteiger partial charge in [0, 0.05) is 37.8 Å². The fraction of sp³-hybridized carbons (Fsp3) is 0.579. The number of hydrogen-bond acceptors (Lipinski definition) is 4. The van der Waals surface area contributed by atoms with E-state index < -0.39 is 0 Å². The quantitative estimate of drug-likeness (QED) is 0.815. The molecule has 130 valence electrons. The van der Waals surface area contributed by atoms with E-state index in [1.807, 2.05) is 12.1 Å². The van der Waals surface area contributed by atoms with Crippen molar-refractivity contribution < 1.29 is 9.90 Å². The van der Waals surface area contributed by atoms with Crippen LogP contribution in [0.25, 0.3) is 0 Å². The molecular weight excluding hydrogens is 302 g/mol. The van der Waals surface area contributed by atoms with Gasteiger partial charge in [-0.1, -0.05) is 17.7 Å². The zero-order chi connectivity index (χ0) is 16.8. The molecule has 0 unspecified atom stereocenters. The van der Waals surface area contributed by atoms with Crippen LogP contribution < -0.4 is 10.2 Å². The molecule has 1 aromatic rings. The van der Waals surface area contributed by atoms with Crippen LogP contribution in [0, 0.1) is 0 Å². The molecule has 24 heavy (non-hydrogen) atoms. The van der Waals surface area contributed by atoms with Crippen molar-refractivity contribution in [3.05, 3.63) is 35.5 Å². The highest BCUT2D eigenvalue weighted by molar-refractivity contribution is 5.78. The summed E-state index contributed by atoms with van der Waals surface area (Å²) in [4.78, 5) is 18.8. The Balaban J connectivity index is 1.58. The number of allylic oxidation sites excluding steroid dienone is 1. The van der Waals surface area contributed by atoms with E-state index in [9.17, 15) is 9.90 Å². The van der Waals surface area contributed by atoms with E-state index >= 15 is 0 Å². The van der Waals surface area contributed by atoms with E-state index in [2.05, 4.69) is 21.3 Å². The largest absolute Gasteiger partial charge is 0.391 e. The predicted octanol–water partition coefficient (Wildman–Crippen LogP) is 2.55. The Morgan fingerprint density at radius 2 is 2.29 bits per heavy atom. The molecule has 3 rings (SSSR count). The van der Waals surface area contributed by atoms with Crippen molar-refractivity contribution in [3.63, 3.8) is 0 Å². The van der Waals surface area contributed by atoms with E-state index in [-0.39, 0.29) is 12.0 Å². The maximum Gasteiger partial charge on any atom is 0.224 e. The summed E-state index contributed by atoms with van der Waals surface area (Å²) in [6.07, 6.45) is 10.6. The molecule has 0 aromatic carbocycles. The lowest BCUT2D eigenvalue weighted by Crippen LogP contribution is -2.39. The molecular formula is C19H27N3O2. The summed E-state index contributed by atoms with van der Waals surface area (Å²) in [5.74, 6) is 0.963. The Bertz CT molecular complexity index is 600. The molecule has 2 aliphatic rings. The van der Waals surface area contributed by atoms with Crippen LogP contribution in [0.3, 0.4) is 0 Å². The Morgan fingerprint density at radius 3 is 3.08 bits per heavy atom. The Kier molecular flexibility index (Phi) is 5.86. The predicted molar refractivity (Wildman–Crippen MR) is 94.7 cm³/mol. The van der Waals surface area contributed by atoms with Crippen LogP contribution in [-0.2, 0) is 11.3 Å². The lowest BCUT2D eigenvalue weighted by molar-refractivity contribution is -0.120. The standard InChI is InChI=1S/C19H27N3O2/c23-17-9-5-11-22(14-17)19-16(8-4-10-20-19)13-21-18(24)12-15-6-2-1-3-7-15/h4,6,8,10,17,23H,1-3,5,7,9,11-14H2,(H,21,24)/t17-/m0/s1. The van der Waals surface area contributed by atoms with Crippen molar-refractivity contribution in [2.45, 2.75) is 57.6 Å². The molecule has 0 radical (unpaired) electrons. The Morgan fingerprint density at radius 1 is 1.38 bits per heavy atom. The second-order valence-corrected chi connectivity index (χ2v) is 6.79. The van der Waals surface area contributed by atoms with Gasteiger partial charge in [-0.05, 0) is 44.6 Å². The van der Waals surface area contributed by atoms with Crippen molar-refractivity contribution >= 4 is 11.7 Å². The molecule has 5 heteroatoms. The molecule has 2 N–H and O–H groups in total. The molecule has 1 fully saturated rings. The molecule has 0 spiro atoms. The molecule has 0 saturated carbocycles. The maximum absolute atomic E-state index is 12.2. The van der Waals surface area contributed by atoms with E-state index in [1.165, 1.54) is 18.4 Å². The second-order valence-electron chi connectivity index (χ2n) is 6.79. The average Bonchev–Trinajstić information content (AvgIpc) is 2.61. The summed E-state index contributed by atoms with van der Waals surface area (Å²) < 4.78 is 0. The number of rotatable bonds is 5. The number of nitrogens with one attached hydrogen (secondary N) is 1. The highest BCUT2D eigenvalue weighted by Crippen LogP contribution is 2.22. The third-order valence-corrected chi connectivity index (χ3v) is 4.81. The summed E-state index contributed by atoms with van der Waals surface area (Å²) in [6.45, 7) is 2.01. The first-order valence-corrected chi connectivity index (χ1v) is 9.04. The lowest BCUT2D eigenvalue weighted by Gasteiger charge is -2.32. The second kappa shape index (κ2) is 8.29. The Labute approximate surface area is 143 Å². The zero-order valence-corrected chi connectivity index (χ0v) is 14.2. The van der Waals surface area contributed by atoms with Gasteiger partial charge in [-0.25, -0.2) is 4.98 Å². The van der Waals surface area contributed by atoms with E-state index in [4.69, 9.17) is 0 Å². The van der Waals surface area contributed by atoms with E-state index in [1.54, 1.807) is 6.20 Å². The monoisotopic (exact) mass is 329 g/mol. The molecule has 1 atom stereocenters. The zero-order valence-electron chi connectivity index (χ0n) is 14.2. The number of pyridine rings is 1. The van der Waals surface area contributed by atoms with Crippen LogP contribution in [0.15, 0.2) is 30.0 Å². The van der Waals surface area contributed by atoms with Gasteiger partial charge in [-0.2, -0.15) is 0 Å². The molecule has 1 saturated heterocycles. The number of aliphatic hydroxyl groups excluding tert-OH is 1. The number of β-amino-alcohol motifs (C(OH)–C–C–N with tert-alkyl or cyclic N) is 1. The smallest absolute Gasteiger partial charge is 0.224 e. The number of carbonyl (C=O) groups is 1. The number of anilines is 1. The van der Waals surface area contributed by atoms with E-state index in [0.29, 0.717) is 19.5 Å². The summed E-state index contributed by atoms with van der Waals surface area (Å²) >= 11 is 0. The van der Waals surface area contributed by atoms with Crippen molar-refractivity contribution in [1.29, 1.82) is 0 Å². The van der Waals surface area contributed by atoms with E-state index in [0.717, 1.165) is 43.6 Å². The van der Waals surface area contributed by atoms with Gasteiger partial charge in [0.2, 0.25) is 5.91 Å². The van der Waals surface area contributed by atoms with Crippen molar-refractivity contribution in [2.75, 3.05) is 18.0 Å². The fourth-order valence-corrected chi connectivity index (χ4v) is 3.53. The number of carbonyl (C=O) groups excluding carboxylic acids is 1. The number of amides is 1. The molecule has 5 nitrogen and oxygen atoms in total. The number of nitrogens with zero attached hydrogens (tertiary/aromatic N) is 2. The summed E-state index contributed by atoms with van der Waals surface area (Å²) in [5, 5.41) is 12.9. The SMILES string of the molecule is O=C(CC1=CCCCC1)NCc1cccnc1N1CCC[C@H](O)C1. The molecule has 1 aliphatic carbocycles. The summed E-state index contributed by atoms with van der Waals surface area (Å²) in [7, 11) is 0. The van der Waals surface area contributed by atoms with Crippen LogP contribution in [-0.4, -0.2) is 35.2 Å². The van der Waals surface area contributed by atoms with Crippen LogP contribution in [0.2, 0.25) is 0 Å². The number of aromatic nitrogens is 1. The van der Waals surface area contributed by atoms with Crippen molar-refractivity contribution in [2.24, 2.45) is 0 Å². The summed E-state index contributed by atoms with van der Waals surface area (Å²) in [5.41, 5.74) is 2.28. The van der Waals surface area contributed by atoms with Crippen molar-refractivity contribution in [1.82, 2.24) is 10.3 Å². The first-order chi connectivity index (χ1) is 11.7. The van der Waals surface area contributed by atoms with Gasteiger partial charge in [-0.3, -0.25) is 4.79 Å². The first kappa shape index (κ1) is 17.0. The average molecular weight is 329 g/mol. The van der Waals surface area contributed by atoms with Gasteiger partial charge in [0.05, 0.1) is 6.10 Å². The van der Waals surface area contributed by atoms with Crippen molar-refractivity contribution in [3.8, 4) is 0 Å². The number of hydrogen-bond donors (Lipinski definition) is 2. The van der Waals surface area contributed by atoms with Gasteiger partial charge in [-0.15, -0.1) is 0 Å². The molecule has 1 aliphatic heterocycles. The topological polar surface area (TPSA) is 65.5 Å². The molecule has 2 heterocycles. The molecule has 0 bridgehead atoms. The molecule has 1 aromatic heterocycles. The third kappa shape index (κ3) is 4.57. The van der Waals surface area contributed by atoms with Gasteiger partial charge in [0.1, 0.15) is 5.82 Å². The van der Waals surface area contributed by atoms with Gasteiger partial charge in [0.15, 0.2) is 0 Å². The van der Waals surface area contributed by atoms with Gasteiger partial charge in [0.25, 0.3) is 0 Å². The van der Waals surface area contributed by atoms with Crippen LogP contribution >= 0.6 is 0 Å². The maximum atomic E-state index is 12.2. The minimum atomic E-state index is -0.290. The minimum Gasteiger partial charge on any atom is -0.391 e. The fourth-order valence-electron chi connectivity index (χ4n) is 3.53. The highest BCUT2D eigenvalue weighted by atomic mass is 16.3. The van der Waals surface area contributed by atoms with Crippen LogP contribution in [0.4, 0.5) is 5.82 Å². The minimum absolute atomic E-state index is 0.0802. The highest BCUT2D eigenvalue weighted by Gasteiger charge is 2.21. The third-order valence-electron chi connectivity index (χ3n) is 4.81. The van der Waals surface area contributed by atoms with Crippen LogP contribution in [0.5, 0.6) is 0 Å². The van der Waals surface area contributed by atoms with Gasteiger partial charge >= 0.3 is 0 Å². The van der Waals surface area contributed by atoms with Gasteiger partial charge < -0.3 is 15.3 Å². The first-order valence-electron chi connectivity index (χ1n) is 9.04. The van der Waals surface area contributed by atoms with Crippen LogP contribution in [0.1, 0.15) is 50.5 Å². The Hall–Kier alpha value is -1.88. The number of aliphatic hydroxyl groups is 1. The summed E-state index contributed by atoms with van der Waals surface area (Å²) in [6, 6.07) is 3.90. The number of piperidine rings is 1. The normalized spacial score (nSPS) is 21.3. The molecule has 1 amide bonds. The lowest BCUT2D eigenvalue weighted by atomic mass is 9.97.